The minimum Gasteiger partial charge on any atom is -0.502 e. The van der Waals surface area contributed by atoms with Gasteiger partial charge in [-0.2, -0.15) is 0 Å². The van der Waals surface area contributed by atoms with Gasteiger partial charge in [0.15, 0.2) is 5.76 Å². The van der Waals surface area contributed by atoms with Gasteiger partial charge in [-0.1, -0.05) is 13.8 Å². The van der Waals surface area contributed by atoms with Crippen molar-refractivity contribution in [3.8, 4) is 0 Å². The van der Waals surface area contributed by atoms with Crippen LogP contribution in [0.2, 0.25) is 0 Å². The molecule has 0 amide bonds. The molecule has 0 heterocycles. The van der Waals surface area contributed by atoms with Crippen molar-refractivity contribution in [2.24, 2.45) is 5.92 Å². The van der Waals surface area contributed by atoms with Gasteiger partial charge in [0, 0.05) is 0 Å². The van der Waals surface area contributed by atoms with Crippen LogP contribution >= 0.6 is 0 Å². The van der Waals surface area contributed by atoms with Crippen LogP contribution in [0, 0.1) is 5.92 Å². The molecule has 0 rings (SSSR count). The van der Waals surface area contributed by atoms with Gasteiger partial charge in [0.25, 0.3) is 0 Å². The lowest BCUT2D eigenvalue weighted by molar-refractivity contribution is -0.135. The molecule has 0 unspecified atom stereocenters. The van der Waals surface area contributed by atoms with Crippen molar-refractivity contribution in [2.75, 3.05) is 0 Å². The van der Waals surface area contributed by atoms with E-state index in [4.69, 9.17) is 10.2 Å². The first kappa shape index (κ1) is 8.01. The zero-order valence-electron chi connectivity index (χ0n) is 5.46. The second-order valence-corrected chi connectivity index (χ2v) is 2.10. The normalized spacial score (nSPS) is 12.1. The number of carboxylic acid groups (broad SMARTS) is 1. The summed E-state index contributed by atoms with van der Waals surface area (Å²) < 4.78 is 0. The van der Waals surface area contributed by atoms with E-state index >= 15 is 0 Å². The largest absolute Gasteiger partial charge is 0.502 e. The number of allylic oxidation sites excluding steroid dienone is 1. The topological polar surface area (TPSA) is 57.5 Å². The van der Waals surface area contributed by atoms with Crippen LogP contribution in [0.5, 0.6) is 0 Å². The van der Waals surface area contributed by atoms with Gasteiger partial charge in [-0.15, -0.1) is 0 Å². The number of hydrogen-bond acceptors (Lipinski definition) is 2. The first-order valence-corrected chi connectivity index (χ1v) is 2.68. The van der Waals surface area contributed by atoms with Crippen LogP contribution in [-0.2, 0) is 4.79 Å². The predicted octanol–water partition coefficient (Wildman–Crippen LogP) is 1.17. The van der Waals surface area contributed by atoms with Crippen LogP contribution in [-0.4, -0.2) is 16.2 Å². The summed E-state index contributed by atoms with van der Waals surface area (Å²) in [7, 11) is 0. The summed E-state index contributed by atoms with van der Waals surface area (Å²) in [6, 6.07) is 0. The Labute approximate surface area is 53.6 Å². The molecule has 9 heavy (non-hydrogen) atoms. The summed E-state index contributed by atoms with van der Waals surface area (Å²) in [6.45, 7) is 3.58. The van der Waals surface area contributed by atoms with Crippen molar-refractivity contribution in [3.05, 3.63) is 11.8 Å². The van der Waals surface area contributed by atoms with Crippen LogP contribution in [0.4, 0.5) is 0 Å². The summed E-state index contributed by atoms with van der Waals surface area (Å²) in [5.74, 6) is -1.78. The molecule has 0 saturated heterocycles. The van der Waals surface area contributed by atoms with E-state index < -0.39 is 11.7 Å². The van der Waals surface area contributed by atoms with Crippen LogP contribution in [0.25, 0.3) is 0 Å². The Morgan fingerprint density at radius 1 is 1.44 bits per heavy atom. The predicted molar refractivity (Wildman–Crippen MR) is 33.2 cm³/mol. The van der Waals surface area contributed by atoms with Crippen LogP contribution in [0.1, 0.15) is 13.8 Å². The molecule has 0 radical (unpaired) electrons. The number of aliphatic carboxylic acids is 1. The number of hydrogen-bond donors (Lipinski definition) is 2. The van der Waals surface area contributed by atoms with Gasteiger partial charge in [0.05, 0.1) is 0 Å². The molecule has 0 saturated carbocycles. The van der Waals surface area contributed by atoms with E-state index in [-0.39, 0.29) is 5.92 Å². The van der Waals surface area contributed by atoms with E-state index in [1.54, 1.807) is 13.8 Å². The number of rotatable bonds is 2. The summed E-state index contributed by atoms with van der Waals surface area (Å²) in [6.07, 6.45) is 1.28. The second kappa shape index (κ2) is 3.12. The molecule has 3 heteroatoms. The van der Waals surface area contributed by atoms with E-state index in [1.807, 2.05) is 0 Å². The van der Waals surface area contributed by atoms with E-state index in [0.717, 1.165) is 0 Å². The minimum atomic E-state index is -1.27. The lowest BCUT2D eigenvalue weighted by atomic mass is 10.2. The molecule has 0 atom stereocenters. The maximum Gasteiger partial charge on any atom is 0.370 e. The number of carboxylic acids is 1. The fourth-order valence-corrected chi connectivity index (χ4v) is 0.387. The number of aliphatic hydroxyl groups excluding tert-OH is 1. The summed E-state index contributed by atoms with van der Waals surface area (Å²) in [5.41, 5.74) is 0. The maximum absolute atomic E-state index is 9.92. The van der Waals surface area contributed by atoms with Gasteiger partial charge in [-0.3, -0.25) is 0 Å². The van der Waals surface area contributed by atoms with Gasteiger partial charge >= 0.3 is 5.97 Å². The highest BCUT2D eigenvalue weighted by atomic mass is 16.4. The summed E-state index contributed by atoms with van der Waals surface area (Å²) in [5, 5.41) is 16.7. The zero-order chi connectivity index (χ0) is 7.44. The van der Waals surface area contributed by atoms with Crippen molar-refractivity contribution in [2.45, 2.75) is 13.8 Å². The highest BCUT2D eigenvalue weighted by molar-refractivity contribution is 5.83. The molecule has 0 aliphatic rings. The van der Waals surface area contributed by atoms with Gasteiger partial charge in [0.2, 0.25) is 0 Å². The molecule has 52 valence electrons. The van der Waals surface area contributed by atoms with Crippen molar-refractivity contribution < 1.29 is 15.0 Å². The summed E-state index contributed by atoms with van der Waals surface area (Å²) in [4.78, 5) is 9.92. The third-order valence-electron chi connectivity index (χ3n) is 0.710. The Kier molecular flexibility index (Phi) is 2.78. The van der Waals surface area contributed by atoms with Crippen molar-refractivity contribution in [1.82, 2.24) is 0 Å². The standard InChI is InChI=1S/C6H10O3/c1-4(2)3-5(7)6(8)9/h3-4,7H,1-2H3,(H,8,9)/b5-3-. The Bertz CT molecular complexity index is 135. The minimum absolute atomic E-state index is 0.0705. The SMILES string of the molecule is CC(C)/C=C(\O)C(=O)O. The zero-order valence-corrected chi connectivity index (χ0v) is 5.46. The van der Waals surface area contributed by atoms with Crippen LogP contribution in [0.15, 0.2) is 11.8 Å². The molecular weight excluding hydrogens is 120 g/mol. The Morgan fingerprint density at radius 2 is 1.89 bits per heavy atom. The molecule has 0 spiro atoms. The van der Waals surface area contributed by atoms with Crippen molar-refractivity contribution in [1.29, 1.82) is 0 Å². The fraction of sp³-hybridized carbons (Fsp3) is 0.500. The monoisotopic (exact) mass is 130 g/mol. The average Bonchev–Trinajstić information content (AvgIpc) is 1.63. The molecule has 0 aromatic heterocycles. The second-order valence-electron chi connectivity index (χ2n) is 2.10. The van der Waals surface area contributed by atoms with Gasteiger partial charge in [-0.25, -0.2) is 4.79 Å². The first-order valence-electron chi connectivity index (χ1n) is 2.68. The van der Waals surface area contributed by atoms with Crippen LogP contribution in [0.3, 0.4) is 0 Å². The number of carbonyl (C=O) groups is 1. The quantitative estimate of drug-likeness (QED) is 0.435. The lowest BCUT2D eigenvalue weighted by Gasteiger charge is -1.94. The molecule has 0 aromatic rings. The molecule has 3 nitrogen and oxygen atoms in total. The fourth-order valence-electron chi connectivity index (χ4n) is 0.387. The highest BCUT2D eigenvalue weighted by Gasteiger charge is 2.02. The Morgan fingerprint density at radius 3 is 2.00 bits per heavy atom. The van der Waals surface area contributed by atoms with E-state index in [2.05, 4.69) is 0 Å². The van der Waals surface area contributed by atoms with Gasteiger partial charge in [-0.05, 0) is 12.0 Å². The molecular formula is C6H10O3. The van der Waals surface area contributed by atoms with Gasteiger partial charge < -0.3 is 10.2 Å². The third kappa shape index (κ3) is 3.58. The van der Waals surface area contributed by atoms with Crippen LogP contribution < -0.4 is 0 Å². The Balaban J connectivity index is 4.00. The molecule has 0 bridgehead atoms. The summed E-state index contributed by atoms with van der Waals surface area (Å²) >= 11 is 0. The Hall–Kier alpha value is -0.990. The van der Waals surface area contributed by atoms with E-state index in [1.165, 1.54) is 6.08 Å². The van der Waals surface area contributed by atoms with Crippen molar-refractivity contribution in [3.63, 3.8) is 0 Å². The highest BCUT2D eigenvalue weighted by Crippen LogP contribution is 1.98. The molecule has 0 aliphatic carbocycles. The van der Waals surface area contributed by atoms with Gasteiger partial charge in [0.1, 0.15) is 0 Å². The lowest BCUT2D eigenvalue weighted by Crippen LogP contribution is -2.00. The van der Waals surface area contributed by atoms with E-state index in [0.29, 0.717) is 0 Å². The molecule has 0 fully saturated rings. The smallest absolute Gasteiger partial charge is 0.370 e. The first-order chi connectivity index (χ1) is 4.04. The maximum atomic E-state index is 9.92. The molecule has 0 aromatic carbocycles. The average molecular weight is 130 g/mol. The van der Waals surface area contributed by atoms with Crippen molar-refractivity contribution >= 4 is 5.97 Å². The molecule has 0 aliphatic heterocycles. The number of aliphatic hydroxyl groups is 1. The molecule has 2 N–H and O–H groups in total. The van der Waals surface area contributed by atoms with E-state index in [9.17, 15) is 4.79 Å². The third-order valence-corrected chi connectivity index (χ3v) is 0.710.